The molecule has 1 aromatic heterocycles. The molecule has 0 radical (unpaired) electrons. The second kappa shape index (κ2) is 11.9. The molecule has 7 heteroatoms. The van der Waals surface area contributed by atoms with Gasteiger partial charge in [-0.1, -0.05) is 49.4 Å². The topological polar surface area (TPSA) is 50.5 Å². The summed E-state index contributed by atoms with van der Waals surface area (Å²) in [5.74, 6) is -0.409. The number of nitrogens with zero attached hydrogens (tertiary/aromatic N) is 3. The number of hydrogen-bond donors (Lipinski definition) is 1. The number of rotatable bonds is 11. The molecular weight excluding hydrogens is 460 g/mol. The second-order valence-electron chi connectivity index (χ2n) is 8.87. The van der Waals surface area contributed by atoms with Gasteiger partial charge in [0, 0.05) is 13.1 Å². The highest BCUT2D eigenvalue weighted by Gasteiger charge is 2.23. The molecule has 0 aliphatic carbocycles. The van der Waals surface area contributed by atoms with Crippen LogP contribution in [0.1, 0.15) is 30.2 Å². The predicted molar refractivity (Wildman–Crippen MR) is 136 cm³/mol. The van der Waals surface area contributed by atoms with E-state index in [1.165, 1.54) is 18.2 Å². The summed E-state index contributed by atoms with van der Waals surface area (Å²) in [5, 5.41) is 15.5. The normalized spacial score (nSPS) is 12.2. The van der Waals surface area contributed by atoms with Crippen LogP contribution in [-0.2, 0) is 13.0 Å². The van der Waals surface area contributed by atoms with Crippen molar-refractivity contribution in [2.24, 2.45) is 0 Å². The number of ether oxygens (including phenoxy) is 1. The summed E-state index contributed by atoms with van der Waals surface area (Å²) >= 11 is 0. The largest absolute Gasteiger partial charge is 0.435 e. The molecule has 0 saturated carbocycles. The van der Waals surface area contributed by atoms with Crippen molar-refractivity contribution in [2.75, 3.05) is 13.1 Å². The van der Waals surface area contributed by atoms with Crippen LogP contribution in [0.2, 0.25) is 0 Å². The molecule has 0 fully saturated rings. The lowest BCUT2D eigenvalue weighted by molar-refractivity contribution is 0.108. The maximum absolute atomic E-state index is 14.5. The van der Waals surface area contributed by atoms with Gasteiger partial charge in [-0.2, -0.15) is 5.10 Å². The van der Waals surface area contributed by atoms with Crippen molar-refractivity contribution < 1.29 is 18.6 Å². The highest BCUT2D eigenvalue weighted by molar-refractivity contribution is 5.43. The lowest BCUT2D eigenvalue weighted by Gasteiger charge is -2.25. The van der Waals surface area contributed by atoms with Gasteiger partial charge >= 0.3 is 0 Å². The van der Waals surface area contributed by atoms with Crippen LogP contribution in [-0.4, -0.2) is 39.0 Å². The maximum Gasteiger partial charge on any atom is 0.227 e. The van der Waals surface area contributed by atoms with Gasteiger partial charge < -0.3 is 9.84 Å². The number of aliphatic hydroxyl groups excluding tert-OH is 1. The zero-order valence-corrected chi connectivity index (χ0v) is 20.6. The van der Waals surface area contributed by atoms with Crippen LogP contribution in [0.15, 0.2) is 78.9 Å². The summed E-state index contributed by atoms with van der Waals surface area (Å²) in [7, 11) is 0. The van der Waals surface area contributed by atoms with E-state index < -0.39 is 11.9 Å². The smallest absolute Gasteiger partial charge is 0.227 e. The van der Waals surface area contributed by atoms with E-state index in [0.717, 1.165) is 24.1 Å². The number of aryl methyl sites for hydroxylation is 1. The molecule has 0 bridgehead atoms. The third-order valence-corrected chi connectivity index (χ3v) is 5.96. The van der Waals surface area contributed by atoms with Gasteiger partial charge in [-0.3, -0.25) is 4.90 Å². The van der Waals surface area contributed by atoms with Crippen molar-refractivity contribution in [3.05, 3.63) is 107 Å². The van der Waals surface area contributed by atoms with E-state index in [1.54, 1.807) is 35.0 Å². The Labute approximate surface area is 210 Å². The van der Waals surface area contributed by atoms with E-state index in [1.807, 2.05) is 37.3 Å². The minimum atomic E-state index is -0.553. The van der Waals surface area contributed by atoms with Crippen molar-refractivity contribution >= 4 is 0 Å². The predicted octanol–water partition coefficient (Wildman–Crippen LogP) is 6.07. The lowest BCUT2D eigenvalue weighted by atomic mass is 10.1. The quantitative estimate of drug-likeness (QED) is 0.277. The van der Waals surface area contributed by atoms with Gasteiger partial charge in [-0.15, -0.1) is 0 Å². The Morgan fingerprint density at radius 3 is 2.36 bits per heavy atom. The molecule has 0 aliphatic heterocycles. The van der Waals surface area contributed by atoms with Crippen LogP contribution in [0.25, 0.3) is 5.69 Å². The molecule has 1 heterocycles. The average molecular weight is 492 g/mol. The fourth-order valence-electron chi connectivity index (χ4n) is 4.24. The van der Waals surface area contributed by atoms with Crippen LogP contribution in [0.5, 0.6) is 11.6 Å². The van der Waals surface area contributed by atoms with Crippen LogP contribution in [0.3, 0.4) is 0 Å². The van der Waals surface area contributed by atoms with E-state index in [4.69, 9.17) is 4.74 Å². The summed E-state index contributed by atoms with van der Waals surface area (Å²) in [6.07, 6.45) is 0.891. The molecule has 0 saturated heterocycles. The Bertz CT molecular complexity index is 1260. The van der Waals surface area contributed by atoms with Gasteiger partial charge in [0.1, 0.15) is 5.82 Å². The Kier molecular flexibility index (Phi) is 8.46. The first-order chi connectivity index (χ1) is 17.4. The van der Waals surface area contributed by atoms with E-state index in [2.05, 4.69) is 16.9 Å². The molecule has 1 N–H and O–H groups in total. The van der Waals surface area contributed by atoms with Crippen LogP contribution < -0.4 is 4.74 Å². The Morgan fingerprint density at radius 1 is 0.972 bits per heavy atom. The number of hydrogen-bond acceptors (Lipinski definition) is 4. The van der Waals surface area contributed by atoms with E-state index in [9.17, 15) is 13.9 Å². The lowest BCUT2D eigenvalue weighted by Crippen LogP contribution is -2.34. The molecule has 188 valence electrons. The highest BCUT2D eigenvalue weighted by atomic mass is 19.1. The maximum atomic E-state index is 14.5. The van der Waals surface area contributed by atoms with Crippen LogP contribution in [0.4, 0.5) is 8.78 Å². The molecule has 0 aliphatic rings. The van der Waals surface area contributed by atoms with Gasteiger partial charge in [0.15, 0.2) is 11.6 Å². The first-order valence-corrected chi connectivity index (χ1v) is 12.2. The highest BCUT2D eigenvalue weighted by Crippen LogP contribution is 2.33. The Hall–Kier alpha value is -3.55. The fourth-order valence-corrected chi connectivity index (χ4v) is 4.24. The monoisotopic (exact) mass is 491 g/mol. The molecular formula is C29H31F2N3O2. The minimum absolute atomic E-state index is 0.0770. The summed E-state index contributed by atoms with van der Waals surface area (Å²) in [4.78, 5) is 2.15. The van der Waals surface area contributed by atoms with Gasteiger partial charge in [-0.05, 0) is 68.3 Å². The molecule has 0 spiro atoms. The number of aliphatic hydroxyl groups is 1. The molecule has 3 aromatic carbocycles. The van der Waals surface area contributed by atoms with Gasteiger partial charge in [0.05, 0.1) is 23.0 Å². The van der Waals surface area contributed by atoms with Crippen molar-refractivity contribution in [3.8, 4) is 17.3 Å². The first kappa shape index (κ1) is 25.5. The molecule has 0 amide bonds. The van der Waals surface area contributed by atoms with Crippen molar-refractivity contribution in [1.82, 2.24) is 14.7 Å². The second-order valence-corrected chi connectivity index (χ2v) is 8.87. The third kappa shape index (κ3) is 6.36. The van der Waals surface area contributed by atoms with E-state index in [-0.39, 0.29) is 11.6 Å². The zero-order chi connectivity index (χ0) is 25.5. The minimum Gasteiger partial charge on any atom is -0.435 e. The summed E-state index contributed by atoms with van der Waals surface area (Å²) in [6, 6.07) is 22.0. The molecule has 5 nitrogen and oxygen atoms in total. The Balaban J connectivity index is 1.65. The first-order valence-electron chi connectivity index (χ1n) is 12.2. The number of para-hydroxylation sites is 1. The van der Waals surface area contributed by atoms with Gasteiger partial charge in [-0.25, -0.2) is 13.5 Å². The van der Waals surface area contributed by atoms with Crippen LogP contribution in [0, 0.1) is 18.6 Å². The third-order valence-electron chi connectivity index (χ3n) is 5.96. The SMILES string of the molecule is CCCN(Cc1c(C)nn(-c2ccc(F)cc2)c1Oc1ccccc1F)C[C@@H](O)Cc1ccccc1. The molecule has 1 atom stereocenters. The fraction of sp³-hybridized carbons (Fsp3) is 0.276. The van der Waals surface area contributed by atoms with E-state index in [0.29, 0.717) is 36.8 Å². The number of halogens is 2. The molecule has 4 aromatic rings. The molecule has 36 heavy (non-hydrogen) atoms. The summed E-state index contributed by atoms with van der Waals surface area (Å²) < 4.78 is 35.8. The Morgan fingerprint density at radius 2 is 1.67 bits per heavy atom. The van der Waals surface area contributed by atoms with Crippen molar-refractivity contribution in [3.63, 3.8) is 0 Å². The summed E-state index contributed by atoms with van der Waals surface area (Å²) in [5.41, 5.74) is 3.17. The number of aromatic nitrogens is 2. The zero-order valence-electron chi connectivity index (χ0n) is 20.6. The van der Waals surface area contributed by atoms with E-state index >= 15 is 0 Å². The standard InChI is InChI=1S/C29H31F2N3O2/c1-3-17-33(19-25(35)18-22-9-5-4-6-10-22)20-26-21(2)32-34(24-15-13-23(30)14-16-24)29(26)36-28-12-8-7-11-27(28)31/h4-16,25,35H,3,17-20H2,1-2H3/t25-/m0/s1. The van der Waals surface area contributed by atoms with Gasteiger partial charge in [0.2, 0.25) is 5.88 Å². The van der Waals surface area contributed by atoms with Crippen molar-refractivity contribution in [1.29, 1.82) is 0 Å². The molecule has 0 unspecified atom stereocenters. The van der Waals surface area contributed by atoms with Crippen molar-refractivity contribution in [2.45, 2.75) is 39.3 Å². The summed E-state index contributed by atoms with van der Waals surface area (Å²) in [6.45, 7) is 5.63. The van der Waals surface area contributed by atoms with Gasteiger partial charge in [0.25, 0.3) is 0 Å². The molecule has 4 rings (SSSR count). The average Bonchev–Trinajstić information content (AvgIpc) is 3.16. The van der Waals surface area contributed by atoms with Crippen LogP contribution >= 0.6 is 0 Å². The number of benzene rings is 3.